The maximum atomic E-state index is 9.87. The average Bonchev–Trinajstić information content (AvgIpc) is 2.25. The third-order valence-electron chi connectivity index (χ3n) is 2.32. The third-order valence-corrected chi connectivity index (χ3v) is 2.32. The van der Waals surface area contributed by atoms with Crippen LogP contribution in [-0.4, -0.2) is 10.1 Å². The number of nitrogens with zero attached hydrogens (tertiary/aromatic N) is 1. The van der Waals surface area contributed by atoms with Gasteiger partial charge in [-0.1, -0.05) is 25.8 Å². The predicted molar refractivity (Wildman–Crippen MR) is 70.4 cm³/mol. The molecule has 0 aliphatic carbocycles. The highest BCUT2D eigenvalue weighted by Gasteiger charge is 2.11. The summed E-state index contributed by atoms with van der Waals surface area (Å²) >= 11 is 0. The molecule has 0 aliphatic rings. The van der Waals surface area contributed by atoms with E-state index in [0.717, 1.165) is 11.3 Å². The van der Waals surface area contributed by atoms with Gasteiger partial charge in [0.15, 0.2) is 0 Å². The molecule has 92 valence electrons. The minimum Gasteiger partial charge on any atom is -0.388 e. The fraction of sp³-hybridized carbons (Fsp3) is 0.533. The van der Waals surface area contributed by atoms with Crippen molar-refractivity contribution in [1.29, 1.82) is 0 Å². The molecule has 0 unspecified atom stereocenters. The Bertz CT molecular complexity index is 415. The molecule has 0 radical (unpaired) electrons. The lowest BCUT2D eigenvalue weighted by molar-refractivity contribution is 0.126. The monoisotopic (exact) mass is 231 g/mol. The van der Waals surface area contributed by atoms with Crippen LogP contribution in [0, 0.1) is 23.2 Å². The Morgan fingerprint density at radius 1 is 1.24 bits per heavy atom. The van der Waals surface area contributed by atoms with Gasteiger partial charge in [-0.15, -0.1) is 0 Å². The molecule has 1 heterocycles. The highest BCUT2D eigenvalue weighted by Crippen LogP contribution is 2.20. The van der Waals surface area contributed by atoms with Gasteiger partial charge in [-0.25, -0.2) is 4.98 Å². The predicted octanol–water partition coefficient (Wildman–Crippen LogP) is 3.17. The minimum absolute atomic E-state index is 0.0161. The maximum Gasteiger partial charge on any atom is 0.113 e. The van der Waals surface area contributed by atoms with Crippen LogP contribution >= 0.6 is 0 Å². The molecule has 17 heavy (non-hydrogen) atoms. The van der Waals surface area contributed by atoms with Crippen molar-refractivity contribution in [2.45, 2.75) is 40.7 Å². The third kappa shape index (κ3) is 4.58. The van der Waals surface area contributed by atoms with Gasteiger partial charge in [-0.05, 0) is 44.2 Å². The number of hydrogen-bond donors (Lipinski definition) is 1. The van der Waals surface area contributed by atoms with Crippen LogP contribution in [0.3, 0.4) is 0 Å². The summed E-state index contributed by atoms with van der Waals surface area (Å²) in [7, 11) is 0. The van der Waals surface area contributed by atoms with Gasteiger partial charge in [0.1, 0.15) is 5.69 Å². The standard InChI is InChI=1S/C15H21NO/c1-11(2)14(17)12-6-7-13(16-10-12)8-9-15(3,4)5/h6-7,10-11,14,17H,1-5H3/t14-/m1/s1. The lowest BCUT2D eigenvalue weighted by atomic mass is 9.97. The Labute approximate surface area is 104 Å². The molecule has 1 aromatic rings. The van der Waals surface area contributed by atoms with E-state index in [9.17, 15) is 5.11 Å². The van der Waals surface area contributed by atoms with Crippen molar-refractivity contribution in [3.63, 3.8) is 0 Å². The van der Waals surface area contributed by atoms with E-state index in [1.165, 1.54) is 0 Å². The van der Waals surface area contributed by atoms with Crippen molar-refractivity contribution in [3.05, 3.63) is 29.6 Å². The molecule has 1 aromatic heterocycles. The first kappa shape index (κ1) is 13.7. The Morgan fingerprint density at radius 2 is 1.88 bits per heavy atom. The summed E-state index contributed by atoms with van der Waals surface area (Å²) in [6.45, 7) is 10.2. The fourth-order valence-corrected chi connectivity index (χ4v) is 1.29. The molecule has 0 amide bonds. The smallest absolute Gasteiger partial charge is 0.113 e. The SMILES string of the molecule is CC(C)[C@@H](O)c1ccc(C#CC(C)(C)C)nc1. The van der Waals surface area contributed by atoms with E-state index in [0.29, 0.717) is 0 Å². The largest absolute Gasteiger partial charge is 0.388 e. The number of aliphatic hydroxyl groups is 1. The second kappa shape index (κ2) is 5.33. The first-order valence-electron chi connectivity index (χ1n) is 5.97. The first-order chi connectivity index (χ1) is 7.79. The summed E-state index contributed by atoms with van der Waals surface area (Å²) in [4.78, 5) is 4.25. The van der Waals surface area contributed by atoms with Gasteiger partial charge in [0.2, 0.25) is 0 Å². The molecule has 0 aromatic carbocycles. The van der Waals surface area contributed by atoms with Crippen molar-refractivity contribution in [2.75, 3.05) is 0 Å². The molecule has 0 bridgehead atoms. The Kier molecular flexibility index (Phi) is 4.31. The lowest BCUT2D eigenvalue weighted by Gasteiger charge is -2.13. The zero-order valence-electron chi connectivity index (χ0n) is 11.3. The van der Waals surface area contributed by atoms with Gasteiger partial charge in [0, 0.05) is 11.6 Å². The van der Waals surface area contributed by atoms with E-state index in [2.05, 4.69) is 37.6 Å². The van der Waals surface area contributed by atoms with Gasteiger partial charge in [-0.3, -0.25) is 0 Å². The summed E-state index contributed by atoms with van der Waals surface area (Å²) < 4.78 is 0. The quantitative estimate of drug-likeness (QED) is 0.793. The Morgan fingerprint density at radius 3 is 2.29 bits per heavy atom. The normalized spacial score (nSPS) is 13.1. The number of aromatic nitrogens is 1. The summed E-state index contributed by atoms with van der Waals surface area (Å²) in [5, 5.41) is 9.87. The molecule has 0 aliphatic heterocycles. The molecule has 0 fully saturated rings. The van der Waals surface area contributed by atoms with E-state index in [1.54, 1.807) is 6.20 Å². The highest BCUT2D eigenvalue weighted by atomic mass is 16.3. The molecular weight excluding hydrogens is 210 g/mol. The van der Waals surface area contributed by atoms with E-state index < -0.39 is 6.10 Å². The van der Waals surface area contributed by atoms with Crippen LogP contribution in [0.2, 0.25) is 0 Å². The van der Waals surface area contributed by atoms with Crippen LogP contribution in [0.25, 0.3) is 0 Å². The topological polar surface area (TPSA) is 33.1 Å². The summed E-state index contributed by atoms with van der Waals surface area (Å²) in [5.74, 6) is 6.37. The zero-order chi connectivity index (χ0) is 13.1. The Hall–Kier alpha value is -1.33. The summed E-state index contributed by atoms with van der Waals surface area (Å²) in [6.07, 6.45) is 1.25. The summed E-state index contributed by atoms with van der Waals surface area (Å²) in [5.41, 5.74) is 1.58. The van der Waals surface area contributed by atoms with Gasteiger partial charge in [-0.2, -0.15) is 0 Å². The number of aliphatic hydroxyl groups excluding tert-OH is 1. The van der Waals surface area contributed by atoms with Crippen molar-refractivity contribution < 1.29 is 5.11 Å². The van der Waals surface area contributed by atoms with Crippen LogP contribution < -0.4 is 0 Å². The maximum absolute atomic E-state index is 9.87. The molecule has 2 heteroatoms. The van der Waals surface area contributed by atoms with Gasteiger partial charge in [0.25, 0.3) is 0 Å². The molecule has 0 saturated carbocycles. The second-order valence-electron chi connectivity index (χ2n) is 5.67. The van der Waals surface area contributed by atoms with E-state index in [4.69, 9.17) is 0 Å². The van der Waals surface area contributed by atoms with Crippen molar-refractivity contribution >= 4 is 0 Å². The van der Waals surface area contributed by atoms with Gasteiger partial charge in [0.05, 0.1) is 6.10 Å². The summed E-state index contributed by atoms with van der Waals surface area (Å²) in [6, 6.07) is 3.75. The highest BCUT2D eigenvalue weighted by molar-refractivity contribution is 5.31. The lowest BCUT2D eigenvalue weighted by Crippen LogP contribution is -2.06. The first-order valence-corrected chi connectivity index (χ1v) is 5.97. The van der Waals surface area contributed by atoms with Crippen LogP contribution in [0.15, 0.2) is 18.3 Å². The van der Waals surface area contributed by atoms with Crippen LogP contribution in [0.4, 0.5) is 0 Å². The molecular formula is C15H21NO. The molecule has 1 N–H and O–H groups in total. The van der Waals surface area contributed by atoms with E-state index >= 15 is 0 Å². The number of rotatable bonds is 2. The second-order valence-corrected chi connectivity index (χ2v) is 5.67. The van der Waals surface area contributed by atoms with Crippen molar-refractivity contribution in [1.82, 2.24) is 4.98 Å². The Balaban J connectivity index is 2.84. The zero-order valence-corrected chi connectivity index (χ0v) is 11.3. The molecule has 0 saturated heterocycles. The van der Waals surface area contributed by atoms with Crippen LogP contribution in [0.1, 0.15) is 52.0 Å². The fourth-order valence-electron chi connectivity index (χ4n) is 1.29. The average molecular weight is 231 g/mol. The van der Waals surface area contributed by atoms with E-state index in [1.807, 2.05) is 26.0 Å². The number of pyridine rings is 1. The molecule has 1 atom stereocenters. The van der Waals surface area contributed by atoms with Gasteiger partial charge >= 0.3 is 0 Å². The van der Waals surface area contributed by atoms with Crippen molar-refractivity contribution in [3.8, 4) is 11.8 Å². The minimum atomic E-state index is -0.452. The van der Waals surface area contributed by atoms with Gasteiger partial charge < -0.3 is 5.11 Å². The van der Waals surface area contributed by atoms with Crippen LogP contribution in [-0.2, 0) is 0 Å². The molecule has 1 rings (SSSR count). The van der Waals surface area contributed by atoms with E-state index in [-0.39, 0.29) is 11.3 Å². The van der Waals surface area contributed by atoms with Crippen LogP contribution in [0.5, 0.6) is 0 Å². The van der Waals surface area contributed by atoms with Crippen molar-refractivity contribution in [2.24, 2.45) is 11.3 Å². The molecule has 0 spiro atoms. The number of hydrogen-bond acceptors (Lipinski definition) is 2. The molecule has 2 nitrogen and oxygen atoms in total.